The highest BCUT2D eigenvalue weighted by Crippen LogP contribution is 2.27. The molecule has 5 heteroatoms. The summed E-state index contributed by atoms with van der Waals surface area (Å²) in [6.07, 6.45) is 4.86. The van der Waals surface area contributed by atoms with Gasteiger partial charge in [-0.1, -0.05) is 69.7 Å². The van der Waals surface area contributed by atoms with E-state index in [0.29, 0.717) is 18.1 Å². The summed E-state index contributed by atoms with van der Waals surface area (Å²) in [4.78, 5) is 18.0. The Morgan fingerprint density at radius 1 is 1.03 bits per heavy atom. The Kier molecular flexibility index (Phi) is 8.45. The Morgan fingerprint density at radius 2 is 1.78 bits per heavy atom. The number of benzene rings is 3. The summed E-state index contributed by atoms with van der Waals surface area (Å²) in [7, 11) is 0. The van der Waals surface area contributed by atoms with Crippen LogP contribution < -0.4 is 10.2 Å². The molecule has 0 bridgehead atoms. The lowest BCUT2D eigenvalue weighted by molar-refractivity contribution is 0.0956. The lowest BCUT2D eigenvalue weighted by Gasteiger charge is -2.11. The highest BCUT2D eigenvalue weighted by atomic mass is 16.5. The zero-order chi connectivity index (χ0) is 25.3. The van der Waals surface area contributed by atoms with E-state index in [0.717, 1.165) is 52.7 Å². The smallest absolute Gasteiger partial charge is 0.272 e. The van der Waals surface area contributed by atoms with Crippen LogP contribution in [0, 0.1) is 0 Å². The van der Waals surface area contributed by atoms with Gasteiger partial charge in [0.1, 0.15) is 5.75 Å². The Balaban J connectivity index is 1.52. The fraction of sp³-hybridized carbons (Fsp3) is 0.258. The fourth-order valence-corrected chi connectivity index (χ4v) is 3.94. The Labute approximate surface area is 213 Å². The first-order chi connectivity index (χ1) is 17.6. The molecule has 0 aliphatic heterocycles. The third-order valence-corrected chi connectivity index (χ3v) is 6.38. The number of hydrogen-bond donors (Lipinski definition) is 1. The zero-order valence-electron chi connectivity index (χ0n) is 21.2. The second-order valence-corrected chi connectivity index (χ2v) is 8.97. The first-order valence-electron chi connectivity index (χ1n) is 12.7. The number of carbonyl (C=O) groups excluding carboxylic acids is 1. The predicted molar refractivity (Wildman–Crippen MR) is 148 cm³/mol. The zero-order valence-corrected chi connectivity index (χ0v) is 21.2. The molecule has 0 spiro atoms. The first kappa shape index (κ1) is 25.1. The van der Waals surface area contributed by atoms with Crippen LogP contribution in [0.5, 0.6) is 5.75 Å². The van der Waals surface area contributed by atoms with E-state index in [1.807, 2.05) is 54.6 Å². The highest BCUT2D eigenvalue weighted by molar-refractivity contribution is 6.07. The van der Waals surface area contributed by atoms with Gasteiger partial charge >= 0.3 is 0 Å². The number of fused-ring (bicyclic) bond motifs is 1. The summed E-state index contributed by atoms with van der Waals surface area (Å²) in [5.74, 6) is 1.06. The van der Waals surface area contributed by atoms with Crippen LogP contribution in [-0.2, 0) is 0 Å². The number of ether oxygens (including phenoxy) is 1. The van der Waals surface area contributed by atoms with Crippen molar-refractivity contribution in [3.05, 3.63) is 95.6 Å². The van der Waals surface area contributed by atoms with Gasteiger partial charge in [-0.2, -0.15) is 5.10 Å². The number of amides is 1. The molecule has 0 aliphatic rings. The topological polar surface area (TPSA) is 63.6 Å². The van der Waals surface area contributed by atoms with Crippen molar-refractivity contribution in [1.29, 1.82) is 0 Å². The lowest BCUT2D eigenvalue weighted by Crippen LogP contribution is -2.18. The number of aromatic nitrogens is 1. The predicted octanol–water partition coefficient (Wildman–Crippen LogP) is 7.36. The van der Waals surface area contributed by atoms with Crippen molar-refractivity contribution in [2.45, 2.75) is 46.0 Å². The van der Waals surface area contributed by atoms with Crippen LogP contribution in [0.15, 0.2) is 84.0 Å². The molecule has 184 valence electrons. The molecule has 4 aromatic rings. The van der Waals surface area contributed by atoms with Crippen molar-refractivity contribution in [2.24, 2.45) is 5.10 Å². The maximum atomic E-state index is 13.1. The molecule has 4 rings (SSSR count). The van der Waals surface area contributed by atoms with Gasteiger partial charge in [0.2, 0.25) is 0 Å². The van der Waals surface area contributed by atoms with Crippen molar-refractivity contribution >= 4 is 23.0 Å². The van der Waals surface area contributed by atoms with Crippen molar-refractivity contribution in [1.82, 2.24) is 10.4 Å². The molecule has 1 amide bonds. The second-order valence-electron chi connectivity index (χ2n) is 8.97. The van der Waals surface area contributed by atoms with E-state index in [1.165, 1.54) is 5.56 Å². The third kappa shape index (κ3) is 6.16. The SMILES string of the molecule is CCCCOc1ccc(/C=N\NC(=O)c2cc(-c3ccc([C@H](C)CC)cc3)nc3ccccc23)cc1. The molecule has 5 nitrogen and oxygen atoms in total. The minimum absolute atomic E-state index is 0.276. The maximum absolute atomic E-state index is 13.1. The molecule has 3 aromatic carbocycles. The molecular weight excluding hydrogens is 446 g/mol. The van der Waals surface area contributed by atoms with E-state index < -0.39 is 0 Å². The summed E-state index contributed by atoms with van der Waals surface area (Å²) in [5.41, 5.74) is 7.91. The average molecular weight is 480 g/mol. The summed E-state index contributed by atoms with van der Waals surface area (Å²) in [5, 5.41) is 4.98. The summed E-state index contributed by atoms with van der Waals surface area (Å²) >= 11 is 0. The molecule has 0 unspecified atom stereocenters. The van der Waals surface area contributed by atoms with Crippen molar-refractivity contribution in [2.75, 3.05) is 6.61 Å². The molecule has 0 saturated carbocycles. The van der Waals surface area contributed by atoms with Crippen LogP contribution in [-0.4, -0.2) is 23.7 Å². The summed E-state index contributed by atoms with van der Waals surface area (Å²) in [6.45, 7) is 7.26. The normalized spacial score (nSPS) is 12.1. The quantitative estimate of drug-likeness (QED) is 0.147. The van der Waals surface area contributed by atoms with Crippen molar-refractivity contribution in [3.63, 3.8) is 0 Å². The number of hydrogen-bond acceptors (Lipinski definition) is 4. The van der Waals surface area contributed by atoms with Crippen LogP contribution in [0.1, 0.15) is 67.4 Å². The van der Waals surface area contributed by atoms with Crippen molar-refractivity contribution < 1.29 is 9.53 Å². The molecule has 0 radical (unpaired) electrons. The van der Waals surface area contributed by atoms with Crippen LogP contribution in [0.4, 0.5) is 0 Å². The molecule has 1 heterocycles. The molecule has 0 fully saturated rings. The highest BCUT2D eigenvalue weighted by Gasteiger charge is 2.14. The monoisotopic (exact) mass is 479 g/mol. The number of unbranched alkanes of at least 4 members (excludes halogenated alkanes) is 1. The van der Waals surface area contributed by atoms with Gasteiger partial charge in [-0.25, -0.2) is 10.4 Å². The minimum Gasteiger partial charge on any atom is -0.494 e. The van der Waals surface area contributed by atoms with Gasteiger partial charge < -0.3 is 4.74 Å². The number of nitrogens with zero attached hydrogens (tertiary/aromatic N) is 2. The number of nitrogens with one attached hydrogen (secondary N) is 1. The van der Waals surface area contributed by atoms with E-state index in [2.05, 4.69) is 55.6 Å². The van der Waals surface area contributed by atoms with Gasteiger partial charge in [-0.05, 0) is 66.3 Å². The van der Waals surface area contributed by atoms with E-state index in [-0.39, 0.29) is 5.91 Å². The second kappa shape index (κ2) is 12.1. The van der Waals surface area contributed by atoms with Crippen LogP contribution >= 0.6 is 0 Å². The molecule has 1 aromatic heterocycles. The number of carbonyl (C=O) groups is 1. The largest absolute Gasteiger partial charge is 0.494 e. The Morgan fingerprint density at radius 3 is 2.50 bits per heavy atom. The Bertz CT molecular complexity index is 1330. The molecule has 1 N–H and O–H groups in total. The maximum Gasteiger partial charge on any atom is 0.272 e. The lowest BCUT2D eigenvalue weighted by atomic mass is 9.96. The van der Waals surface area contributed by atoms with Gasteiger partial charge in [0, 0.05) is 10.9 Å². The number of rotatable bonds is 10. The van der Waals surface area contributed by atoms with Crippen molar-refractivity contribution in [3.8, 4) is 17.0 Å². The van der Waals surface area contributed by atoms with Crippen LogP contribution in [0.2, 0.25) is 0 Å². The van der Waals surface area contributed by atoms with E-state index in [1.54, 1.807) is 6.21 Å². The van der Waals surface area contributed by atoms with E-state index >= 15 is 0 Å². The first-order valence-corrected chi connectivity index (χ1v) is 12.7. The number of para-hydroxylation sites is 1. The minimum atomic E-state index is -0.276. The average Bonchev–Trinajstić information content (AvgIpc) is 2.93. The van der Waals surface area contributed by atoms with Gasteiger partial charge in [0.05, 0.1) is 29.6 Å². The molecule has 0 saturated heterocycles. The molecule has 36 heavy (non-hydrogen) atoms. The van der Waals surface area contributed by atoms with Gasteiger partial charge in [0.15, 0.2) is 0 Å². The van der Waals surface area contributed by atoms with Crippen LogP contribution in [0.3, 0.4) is 0 Å². The van der Waals surface area contributed by atoms with Gasteiger partial charge in [0.25, 0.3) is 5.91 Å². The van der Waals surface area contributed by atoms with E-state index in [9.17, 15) is 4.79 Å². The summed E-state index contributed by atoms with van der Waals surface area (Å²) < 4.78 is 5.69. The van der Waals surface area contributed by atoms with Gasteiger partial charge in [-0.3, -0.25) is 4.79 Å². The molecular formula is C31H33N3O2. The van der Waals surface area contributed by atoms with E-state index in [4.69, 9.17) is 9.72 Å². The third-order valence-electron chi connectivity index (χ3n) is 6.38. The Hall–Kier alpha value is -3.99. The van der Waals surface area contributed by atoms with Crippen LogP contribution in [0.25, 0.3) is 22.2 Å². The molecule has 0 aliphatic carbocycles. The molecule has 1 atom stereocenters. The van der Waals surface area contributed by atoms with Gasteiger partial charge in [-0.15, -0.1) is 0 Å². The fourth-order valence-electron chi connectivity index (χ4n) is 3.94. The standard InChI is InChI=1S/C31H33N3O2/c1-4-6-19-36-26-17-11-23(12-18-26)21-32-34-31(35)28-20-30(33-29-10-8-7-9-27(28)29)25-15-13-24(14-16-25)22(3)5-2/h7-18,20-22H,4-6,19H2,1-3H3,(H,34,35)/b32-21-/t22-/m1/s1. The summed E-state index contributed by atoms with van der Waals surface area (Å²) in [6, 6.07) is 25.6. The number of hydrazone groups is 1. The number of pyridine rings is 1.